The predicted octanol–water partition coefficient (Wildman–Crippen LogP) is 2.45. The van der Waals surface area contributed by atoms with Gasteiger partial charge in [-0.2, -0.15) is 0 Å². The van der Waals surface area contributed by atoms with Gasteiger partial charge in [0.2, 0.25) is 0 Å². The van der Waals surface area contributed by atoms with Crippen LogP contribution in [0.3, 0.4) is 0 Å². The number of fused-ring (bicyclic) bond motifs is 1. The highest BCUT2D eigenvalue weighted by atomic mass is 16.5. The first-order valence-electron chi connectivity index (χ1n) is 6.79. The predicted molar refractivity (Wildman–Crippen MR) is 70.7 cm³/mol. The van der Waals surface area contributed by atoms with Gasteiger partial charge >= 0.3 is 0 Å². The summed E-state index contributed by atoms with van der Waals surface area (Å²) in [5.41, 5.74) is 1.85. The Balaban J connectivity index is 2.23. The zero-order valence-electron chi connectivity index (χ0n) is 11.1. The molecule has 1 aliphatic heterocycles. The van der Waals surface area contributed by atoms with Crippen LogP contribution in [0.1, 0.15) is 43.9 Å². The van der Waals surface area contributed by atoms with Gasteiger partial charge in [0.1, 0.15) is 11.9 Å². The molecule has 1 heterocycles. The van der Waals surface area contributed by atoms with Crippen molar-refractivity contribution in [1.82, 2.24) is 0 Å². The summed E-state index contributed by atoms with van der Waals surface area (Å²) in [5.74, 6) is 0.896. The fraction of sp³-hybridized carbons (Fsp3) is 0.600. The first-order chi connectivity index (χ1) is 8.69. The van der Waals surface area contributed by atoms with Gasteiger partial charge in [-0.05, 0) is 11.5 Å². The number of rotatable bonds is 5. The second kappa shape index (κ2) is 5.72. The summed E-state index contributed by atoms with van der Waals surface area (Å²) < 4.78 is 5.58. The molecule has 0 bridgehead atoms. The standard InChI is InChI=1S/C15H22O3/c1-3-10(4-2)13(16)14(17)12-7-5-6-11-8-9-18-15(11)12/h5-7,10,13-14,16-17H,3-4,8-9H2,1-2H3. The van der Waals surface area contributed by atoms with Gasteiger partial charge in [-0.3, -0.25) is 0 Å². The number of ether oxygens (including phenoxy) is 1. The molecule has 1 aliphatic rings. The Labute approximate surface area is 108 Å². The molecular weight excluding hydrogens is 228 g/mol. The van der Waals surface area contributed by atoms with Crippen LogP contribution in [0.4, 0.5) is 0 Å². The largest absolute Gasteiger partial charge is 0.493 e. The van der Waals surface area contributed by atoms with Crippen molar-refractivity contribution in [2.24, 2.45) is 5.92 Å². The van der Waals surface area contributed by atoms with E-state index in [0.717, 1.165) is 36.1 Å². The van der Waals surface area contributed by atoms with Crippen LogP contribution in [0.25, 0.3) is 0 Å². The Morgan fingerprint density at radius 1 is 1.22 bits per heavy atom. The van der Waals surface area contributed by atoms with Crippen LogP contribution in [0.15, 0.2) is 18.2 Å². The van der Waals surface area contributed by atoms with E-state index in [1.54, 1.807) is 0 Å². The number of benzene rings is 1. The van der Waals surface area contributed by atoms with E-state index < -0.39 is 12.2 Å². The molecule has 2 N–H and O–H groups in total. The maximum absolute atomic E-state index is 10.4. The number of hydrogen-bond donors (Lipinski definition) is 2. The van der Waals surface area contributed by atoms with Gasteiger partial charge in [0, 0.05) is 12.0 Å². The minimum atomic E-state index is -0.858. The summed E-state index contributed by atoms with van der Waals surface area (Å²) in [5, 5.41) is 20.6. The lowest BCUT2D eigenvalue weighted by molar-refractivity contribution is -0.0219. The average molecular weight is 250 g/mol. The van der Waals surface area contributed by atoms with Gasteiger partial charge in [-0.15, -0.1) is 0 Å². The minimum Gasteiger partial charge on any atom is -0.493 e. The summed E-state index contributed by atoms with van der Waals surface area (Å²) >= 11 is 0. The molecular formula is C15H22O3. The summed E-state index contributed by atoms with van der Waals surface area (Å²) in [4.78, 5) is 0. The molecule has 0 aromatic heterocycles. The first-order valence-corrected chi connectivity index (χ1v) is 6.79. The van der Waals surface area contributed by atoms with Crippen molar-refractivity contribution in [2.45, 2.75) is 45.3 Å². The van der Waals surface area contributed by atoms with Gasteiger partial charge in [-0.25, -0.2) is 0 Å². The average Bonchev–Trinajstić information content (AvgIpc) is 2.87. The van der Waals surface area contributed by atoms with E-state index in [4.69, 9.17) is 4.74 Å². The van der Waals surface area contributed by atoms with E-state index >= 15 is 0 Å². The van der Waals surface area contributed by atoms with Crippen LogP contribution >= 0.6 is 0 Å². The quantitative estimate of drug-likeness (QED) is 0.844. The zero-order chi connectivity index (χ0) is 13.1. The second-order valence-electron chi connectivity index (χ2n) is 4.95. The molecule has 2 rings (SSSR count). The molecule has 18 heavy (non-hydrogen) atoms. The van der Waals surface area contributed by atoms with Gasteiger partial charge < -0.3 is 14.9 Å². The van der Waals surface area contributed by atoms with E-state index in [9.17, 15) is 10.2 Å². The molecule has 100 valence electrons. The fourth-order valence-electron chi connectivity index (χ4n) is 2.69. The van der Waals surface area contributed by atoms with Gasteiger partial charge in [0.05, 0.1) is 12.7 Å². The van der Waals surface area contributed by atoms with Gasteiger partial charge in [-0.1, -0.05) is 44.9 Å². The summed E-state index contributed by atoms with van der Waals surface area (Å²) in [6.07, 6.45) is 1.03. The summed E-state index contributed by atoms with van der Waals surface area (Å²) in [7, 11) is 0. The number of hydrogen-bond acceptors (Lipinski definition) is 3. The normalized spacial score (nSPS) is 17.4. The highest BCUT2D eigenvalue weighted by Gasteiger charge is 2.29. The molecule has 0 amide bonds. The molecule has 2 unspecified atom stereocenters. The van der Waals surface area contributed by atoms with Crippen molar-refractivity contribution in [2.75, 3.05) is 6.61 Å². The third-order valence-electron chi connectivity index (χ3n) is 3.92. The van der Waals surface area contributed by atoms with Crippen molar-refractivity contribution in [3.05, 3.63) is 29.3 Å². The lowest BCUT2D eigenvalue weighted by atomic mass is 9.89. The van der Waals surface area contributed by atoms with Crippen LogP contribution in [0, 0.1) is 5.92 Å². The van der Waals surface area contributed by atoms with Crippen molar-refractivity contribution in [1.29, 1.82) is 0 Å². The molecule has 1 aromatic carbocycles. The Morgan fingerprint density at radius 3 is 2.61 bits per heavy atom. The van der Waals surface area contributed by atoms with E-state index in [0.29, 0.717) is 6.61 Å². The Kier molecular flexibility index (Phi) is 4.25. The third kappa shape index (κ3) is 2.38. The Morgan fingerprint density at radius 2 is 1.94 bits per heavy atom. The topological polar surface area (TPSA) is 49.7 Å². The lowest BCUT2D eigenvalue weighted by Gasteiger charge is -2.26. The van der Waals surface area contributed by atoms with Crippen molar-refractivity contribution < 1.29 is 14.9 Å². The van der Waals surface area contributed by atoms with Gasteiger partial charge in [0.15, 0.2) is 0 Å². The molecule has 0 spiro atoms. The van der Waals surface area contributed by atoms with E-state index in [1.165, 1.54) is 0 Å². The monoisotopic (exact) mass is 250 g/mol. The Bertz CT molecular complexity index is 399. The zero-order valence-corrected chi connectivity index (χ0v) is 11.1. The van der Waals surface area contributed by atoms with Crippen molar-refractivity contribution in [3.8, 4) is 5.75 Å². The summed E-state index contributed by atoms with van der Waals surface area (Å²) in [6, 6.07) is 5.79. The van der Waals surface area contributed by atoms with Crippen LogP contribution in [-0.4, -0.2) is 22.9 Å². The third-order valence-corrected chi connectivity index (χ3v) is 3.92. The SMILES string of the molecule is CCC(CC)C(O)C(O)c1cccc2c1OCC2. The van der Waals surface area contributed by atoms with Crippen molar-refractivity contribution in [3.63, 3.8) is 0 Å². The second-order valence-corrected chi connectivity index (χ2v) is 4.95. The van der Waals surface area contributed by atoms with E-state index in [2.05, 4.69) is 0 Å². The molecule has 3 nitrogen and oxygen atoms in total. The van der Waals surface area contributed by atoms with E-state index in [1.807, 2.05) is 32.0 Å². The molecule has 0 radical (unpaired) electrons. The maximum atomic E-state index is 10.4. The molecule has 0 saturated carbocycles. The lowest BCUT2D eigenvalue weighted by Crippen LogP contribution is -2.27. The number of aliphatic hydroxyl groups is 2. The van der Waals surface area contributed by atoms with Gasteiger partial charge in [0.25, 0.3) is 0 Å². The molecule has 3 heteroatoms. The van der Waals surface area contributed by atoms with Crippen molar-refractivity contribution >= 4 is 0 Å². The van der Waals surface area contributed by atoms with E-state index in [-0.39, 0.29) is 5.92 Å². The molecule has 0 fully saturated rings. The molecule has 2 atom stereocenters. The minimum absolute atomic E-state index is 0.122. The van der Waals surface area contributed by atoms with Crippen LogP contribution in [-0.2, 0) is 6.42 Å². The highest BCUT2D eigenvalue weighted by Crippen LogP contribution is 2.36. The highest BCUT2D eigenvalue weighted by molar-refractivity contribution is 5.45. The molecule has 0 aliphatic carbocycles. The Hall–Kier alpha value is -1.06. The first kappa shape index (κ1) is 13.4. The van der Waals surface area contributed by atoms with Crippen LogP contribution < -0.4 is 4.74 Å². The number of para-hydroxylation sites is 1. The molecule has 0 saturated heterocycles. The van der Waals surface area contributed by atoms with Crippen LogP contribution in [0.2, 0.25) is 0 Å². The maximum Gasteiger partial charge on any atom is 0.128 e. The summed E-state index contributed by atoms with van der Waals surface area (Å²) in [6.45, 7) is 4.74. The fourth-order valence-corrected chi connectivity index (χ4v) is 2.69. The smallest absolute Gasteiger partial charge is 0.128 e. The molecule has 1 aromatic rings. The van der Waals surface area contributed by atoms with Crippen LogP contribution in [0.5, 0.6) is 5.75 Å². The number of aliphatic hydroxyl groups excluding tert-OH is 2.